The lowest BCUT2D eigenvalue weighted by Crippen LogP contribution is -2.47. The summed E-state index contributed by atoms with van der Waals surface area (Å²) in [6, 6.07) is 10.7. The van der Waals surface area contributed by atoms with Crippen LogP contribution in [0.1, 0.15) is 38.4 Å². The molecule has 0 saturated carbocycles. The molecule has 1 saturated heterocycles. The smallest absolute Gasteiger partial charge is 0.0942 e. The third kappa shape index (κ3) is 3.60. The van der Waals surface area contributed by atoms with Crippen molar-refractivity contribution in [2.45, 2.75) is 44.9 Å². The van der Waals surface area contributed by atoms with Gasteiger partial charge >= 0.3 is 0 Å². The minimum atomic E-state index is -0.409. The second-order valence-corrected chi connectivity index (χ2v) is 6.01. The largest absolute Gasteiger partial charge is 0.387 e. The Balaban J connectivity index is 2.11. The molecule has 3 heteroatoms. The predicted octanol–water partition coefficient (Wildman–Crippen LogP) is 2.52. The third-order valence-electron chi connectivity index (χ3n) is 4.54. The van der Waals surface area contributed by atoms with Gasteiger partial charge < -0.3 is 10.0 Å². The van der Waals surface area contributed by atoms with E-state index in [1.165, 1.54) is 6.42 Å². The first-order valence-electron chi connectivity index (χ1n) is 7.80. The molecule has 1 aliphatic rings. The van der Waals surface area contributed by atoms with Crippen LogP contribution in [0.15, 0.2) is 30.3 Å². The van der Waals surface area contributed by atoms with Gasteiger partial charge in [0.25, 0.3) is 0 Å². The Bertz CT molecular complexity index is 395. The van der Waals surface area contributed by atoms with Crippen LogP contribution in [0.25, 0.3) is 0 Å². The number of nitrogens with zero attached hydrogens (tertiary/aromatic N) is 2. The summed E-state index contributed by atoms with van der Waals surface area (Å²) < 4.78 is 0. The van der Waals surface area contributed by atoms with Gasteiger partial charge in [0.15, 0.2) is 0 Å². The summed E-state index contributed by atoms with van der Waals surface area (Å²) in [6.45, 7) is 7.74. The normalized spacial score (nSPS) is 25.1. The second kappa shape index (κ2) is 7.21. The monoisotopic (exact) mass is 276 g/mol. The minimum absolute atomic E-state index is 0.161. The molecule has 0 bridgehead atoms. The molecule has 1 N–H and O–H groups in total. The Labute approximate surface area is 123 Å². The minimum Gasteiger partial charge on any atom is -0.387 e. The number of likely N-dealkylation sites (N-methyl/N-ethyl adjacent to an activating group) is 1. The van der Waals surface area contributed by atoms with E-state index in [1.54, 1.807) is 0 Å². The van der Waals surface area contributed by atoms with Gasteiger partial charge in [0.2, 0.25) is 0 Å². The Morgan fingerprint density at radius 2 is 1.95 bits per heavy atom. The van der Waals surface area contributed by atoms with E-state index < -0.39 is 6.10 Å². The fraction of sp³-hybridized carbons (Fsp3) is 0.647. The number of hydrogen-bond acceptors (Lipinski definition) is 3. The Hall–Kier alpha value is -0.900. The lowest BCUT2D eigenvalue weighted by atomic mass is 10.00. The van der Waals surface area contributed by atoms with Crippen LogP contribution in [0.3, 0.4) is 0 Å². The maximum Gasteiger partial charge on any atom is 0.0942 e. The number of hydrogen-bond donors (Lipinski definition) is 1. The first kappa shape index (κ1) is 15.5. The zero-order chi connectivity index (χ0) is 14.5. The van der Waals surface area contributed by atoms with Gasteiger partial charge in [-0.2, -0.15) is 0 Å². The molecule has 20 heavy (non-hydrogen) atoms. The molecule has 1 heterocycles. The molecule has 1 aromatic rings. The van der Waals surface area contributed by atoms with E-state index in [-0.39, 0.29) is 6.04 Å². The van der Waals surface area contributed by atoms with E-state index in [1.807, 2.05) is 30.3 Å². The van der Waals surface area contributed by atoms with Crippen LogP contribution < -0.4 is 0 Å². The predicted molar refractivity (Wildman–Crippen MR) is 83.8 cm³/mol. The Morgan fingerprint density at radius 3 is 2.60 bits per heavy atom. The summed E-state index contributed by atoms with van der Waals surface area (Å²) in [7, 11) is 2.20. The van der Waals surface area contributed by atoms with Gasteiger partial charge in [-0.05, 0) is 38.9 Å². The molecule has 3 nitrogen and oxygen atoms in total. The first-order chi connectivity index (χ1) is 9.63. The van der Waals surface area contributed by atoms with Crippen LogP contribution in [-0.4, -0.2) is 53.7 Å². The highest BCUT2D eigenvalue weighted by atomic mass is 16.3. The van der Waals surface area contributed by atoms with Crippen LogP contribution in [0.5, 0.6) is 0 Å². The average Bonchev–Trinajstić information content (AvgIpc) is 2.67. The van der Waals surface area contributed by atoms with E-state index in [0.29, 0.717) is 6.04 Å². The zero-order valence-corrected chi connectivity index (χ0v) is 13.0. The molecule has 0 amide bonds. The summed E-state index contributed by atoms with van der Waals surface area (Å²) in [5.41, 5.74) is 1.02. The summed E-state index contributed by atoms with van der Waals surface area (Å²) in [5, 5.41) is 10.7. The fourth-order valence-electron chi connectivity index (χ4n) is 3.27. The molecule has 1 aromatic carbocycles. The van der Waals surface area contributed by atoms with Gasteiger partial charge in [0.1, 0.15) is 0 Å². The van der Waals surface area contributed by atoms with Crippen molar-refractivity contribution in [1.29, 1.82) is 0 Å². The number of aliphatic hydroxyl groups is 1. The second-order valence-electron chi connectivity index (χ2n) is 6.01. The molecule has 0 aliphatic carbocycles. The van der Waals surface area contributed by atoms with Crippen LogP contribution in [-0.2, 0) is 0 Å². The van der Waals surface area contributed by atoms with Gasteiger partial charge in [-0.3, -0.25) is 4.90 Å². The van der Waals surface area contributed by atoms with E-state index in [4.69, 9.17) is 0 Å². The molecule has 0 spiro atoms. The summed E-state index contributed by atoms with van der Waals surface area (Å²) >= 11 is 0. The van der Waals surface area contributed by atoms with Crippen molar-refractivity contribution < 1.29 is 5.11 Å². The molecule has 3 unspecified atom stereocenters. The van der Waals surface area contributed by atoms with E-state index >= 15 is 0 Å². The van der Waals surface area contributed by atoms with Crippen molar-refractivity contribution in [1.82, 2.24) is 9.80 Å². The molecular weight excluding hydrogens is 248 g/mol. The number of benzene rings is 1. The van der Waals surface area contributed by atoms with Crippen LogP contribution in [0.2, 0.25) is 0 Å². The van der Waals surface area contributed by atoms with E-state index in [2.05, 4.69) is 30.7 Å². The average molecular weight is 276 g/mol. The lowest BCUT2D eigenvalue weighted by Gasteiger charge is -2.37. The quantitative estimate of drug-likeness (QED) is 0.915. The van der Waals surface area contributed by atoms with Crippen molar-refractivity contribution in [3.05, 3.63) is 35.9 Å². The van der Waals surface area contributed by atoms with Gasteiger partial charge in [0, 0.05) is 25.2 Å². The summed E-state index contributed by atoms with van der Waals surface area (Å²) in [6.07, 6.45) is 1.91. The van der Waals surface area contributed by atoms with Crippen LogP contribution in [0, 0.1) is 0 Å². The molecule has 0 radical (unpaired) electrons. The van der Waals surface area contributed by atoms with Gasteiger partial charge in [0.05, 0.1) is 6.10 Å². The third-order valence-corrected chi connectivity index (χ3v) is 4.54. The zero-order valence-electron chi connectivity index (χ0n) is 13.0. The van der Waals surface area contributed by atoms with E-state index in [0.717, 1.165) is 31.6 Å². The first-order valence-corrected chi connectivity index (χ1v) is 7.80. The highest BCUT2D eigenvalue weighted by molar-refractivity contribution is 5.18. The molecular formula is C17H28N2O. The van der Waals surface area contributed by atoms with Crippen molar-refractivity contribution in [2.24, 2.45) is 0 Å². The molecule has 1 aliphatic heterocycles. The highest BCUT2D eigenvalue weighted by Crippen LogP contribution is 2.25. The highest BCUT2D eigenvalue weighted by Gasteiger charge is 2.30. The maximum absolute atomic E-state index is 10.7. The SMILES string of the molecule is CCC1CN(C)CCCN1C(C)C(O)c1ccccc1. The van der Waals surface area contributed by atoms with Crippen molar-refractivity contribution in [3.63, 3.8) is 0 Å². The van der Waals surface area contributed by atoms with Crippen molar-refractivity contribution >= 4 is 0 Å². The molecule has 1 fully saturated rings. The summed E-state index contributed by atoms with van der Waals surface area (Å²) in [5.74, 6) is 0. The van der Waals surface area contributed by atoms with Crippen LogP contribution in [0.4, 0.5) is 0 Å². The number of aliphatic hydroxyl groups excluding tert-OH is 1. The Kier molecular flexibility index (Phi) is 5.58. The lowest BCUT2D eigenvalue weighted by molar-refractivity contribution is 0.0318. The molecule has 112 valence electrons. The molecule has 0 aromatic heterocycles. The standard InChI is InChI=1S/C17H28N2O/c1-4-16-13-18(3)11-8-12-19(16)14(2)17(20)15-9-6-5-7-10-15/h5-7,9-10,14,16-17,20H,4,8,11-13H2,1-3H3. The number of rotatable bonds is 4. The summed E-state index contributed by atoms with van der Waals surface area (Å²) in [4.78, 5) is 4.91. The van der Waals surface area contributed by atoms with Crippen molar-refractivity contribution in [3.8, 4) is 0 Å². The fourth-order valence-corrected chi connectivity index (χ4v) is 3.27. The molecule has 3 atom stereocenters. The Morgan fingerprint density at radius 1 is 1.25 bits per heavy atom. The maximum atomic E-state index is 10.7. The van der Waals surface area contributed by atoms with E-state index in [9.17, 15) is 5.11 Å². The van der Waals surface area contributed by atoms with Gasteiger partial charge in [-0.15, -0.1) is 0 Å². The topological polar surface area (TPSA) is 26.7 Å². The molecule has 2 rings (SSSR count). The van der Waals surface area contributed by atoms with Gasteiger partial charge in [-0.25, -0.2) is 0 Å². The van der Waals surface area contributed by atoms with Crippen LogP contribution >= 0.6 is 0 Å². The van der Waals surface area contributed by atoms with Gasteiger partial charge in [-0.1, -0.05) is 37.3 Å². The van der Waals surface area contributed by atoms with Crippen molar-refractivity contribution in [2.75, 3.05) is 26.7 Å².